The van der Waals surface area contributed by atoms with Crippen LogP contribution in [0.5, 0.6) is 5.75 Å². The second kappa shape index (κ2) is 8.22. The Morgan fingerprint density at radius 2 is 2.00 bits per heavy atom. The number of thioether (sulfide) groups is 1. The van der Waals surface area contributed by atoms with Crippen molar-refractivity contribution in [3.05, 3.63) is 58.4 Å². The highest BCUT2D eigenvalue weighted by Gasteiger charge is 2.20. The number of aromatic nitrogens is 2. The van der Waals surface area contributed by atoms with Gasteiger partial charge in [-0.25, -0.2) is 9.97 Å². The summed E-state index contributed by atoms with van der Waals surface area (Å²) in [5.41, 5.74) is 0.928. The standard InChI is InChI=1S/C19H18N4O4S/c1-11(28-19-14-6-4-5-7-15(14)20-12(2)21-19)18(24)22-16-10-13(23(25)26)8-9-17(16)27-3/h4-11H,1-3H3,(H,22,24)/t11-/m0/s1. The highest BCUT2D eigenvalue weighted by atomic mass is 32.2. The van der Waals surface area contributed by atoms with Gasteiger partial charge in [-0.05, 0) is 26.0 Å². The number of non-ortho nitro benzene ring substituents is 1. The fraction of sp³-hybridized carbons (Fsp3) is 0.211. The normalized spacial score (nSPS) is 11.8. The number of hydrogen-bond donors (Lipinski definition) is 1. The molecule has 1 amide bonds. The van der Waals surface area contributed by atoms with Crippen LogP contribution in [-0.2, 0) is 4.79 Å². The molecule has 3 aromatic rings. The number of carbonyl (C=O) groups excluding carboxylic acids is 1. The van der Waals surface area contributed by atoms with E-state index in [-0.39, 0.29) is 17.3 Å². The molecule has 0 aliphatic carbocycles. The van der Waals surface area contributed by atoms with Crippen molar-refractivity contribution in [1.29, 1.82) is 0 Å². The van der Waals surface area contributed by atoms with Gasteiger partial charge in [0.2, 0.25) is 5.91 Å². The molecule has 0 unspecified atom stereocenters. The maximum absolute atomic E-state index is 12.7. The number of rotatable bonds is 6. The fourth-order valence-corrected chi connectivity index (χ4v) is 3.60. The van der Waals surface area contributed by atoms with E-state index in [9.17, 15) is 14.9 Å². The molecule has 0 saturated carbocycles. The molecule has 2 aromatic carbocycles. The maximum Gasteiger partial charge on any atom is 0.271 e. The summed E-state index contributed by atoms with van der Waals surface area (Å²) in [6, 6.07) is 11.6. The van der Waals surface area contributed by atoms with E-state index in [0.717, 1.165) is 10.9 Å². The van der Waals surface area contributed by atoms with Gasteiger partial charge in [0.15, 0.2) is 0 Å². The van der Waals surface area contributed by atoms with Crippen LogP contribution >= 0.6 is 11.8 Å². The van der Waals surface area contributed by atoms with Gasteiger partial charge in [0, 0.05) is 17.5 Å². The maximum atomic E-state index is 12.7. The number of carbonyl (C=O) groups is 1. The summed E-state index contributed by atoms with van der Waals surface area (Å²) in [7, 11) is 1.44. The molecule has 144 valence electrons. The van der Waals surface area contributed by atoms with E-state index in [4.69, 9.17) is 4.74 Å². The van der Waals surface area contributed by atoms with E-state index in [1.54, 1.807) is 13.8 Å². The number of fused-ring (bicyclic) bond motifs is 1. The van der Waals surface area contributed by atoms with Crippen molar-refractivity contribution >= 4 is 39.9 Å². The molecule has 8 nitrogen and oxygen atoms in total. The Balaban J connectivity index is 1.83. The van der Waals surface area contributed by atoms with Gasteiger partial charge < -0.3 is 10.1 Å². The van der Waals surface area contributed by atoms with Crippen LogP contribution in [0.1, 0.15) is 12.7 Å². The summed E-state index contributed by atoms with van der Waals surface area (Å²) in [6.07, 6.45) is 0. The summed E-state index contributed by atoms with van der Waals surface area (Å²) in [4.78, 5) is 32.0. The Bertz CT molecular complexity index is 1060. The third kappa shape index (κ3) is 4.20. The van der Waals surface area contributed by atoms with Gasteiger partial charge in [-0.3, -0.25) is 14.9 Å². The van der Waals surface area contributed by atoms with Gasteiger partial charge in [0.25, 0.3) is 5.69 Å². The second-order valence-corrected chi connectivity index (χ2v) is 7.31. The third-order valence-electron chi connectivity index (χ3n) is 3.99. The van der Waals surface area contributed by atoms with Crippen molar-refractivity contribution in [2.75, 3.05) is 12.4 Å². The zero-order valence-corrected chi connectivity index (χ0v) is 16.3. The smallest absolute Gasteiger partial charge is 0.271 e. The average molecular weight is 398 g/mol. The number of para-hydroxylation sites is 1. The van der Waals surface area contributed by atoms with Crippen LogP contribution in [0.15, 0.2) is 47.5 Å². The Kier molecular flexibility index (Phi) is 5.74. The van der Waals surface area contributed by atoms with Crippen molar-refractivity contribution in [3.63, 3.8) is 0 Å². The van der Waals surface area contributed by atoms with E-state index in [0.29, 0.717) is 16.6 Å². The highest BCUT2D eigenvalue weighted by Crippen LogP contribution is 2.32. The van der Waals surface area contributed by atoms with E-state index in [1.807, 2.05) is 24.3 Å². The first-order valence-corrected chi connectivity index (χ1v) is 9.30. The zero-order valence-electron chi connectivity index (χ0n) is 15.5. The number of methoxy groups -OCH3 is 1. The molecule has 0 fully saturated rings. The molecule has 1 atom stereocenters. The average Bonchev–Trinajstić information content (AvgIpc) is 2.67. The molecule has 1 heterocycles. The van der Waals surface area contributed by atoms with Crippen LogP contribution in [0.3, 0.4) is 0 Å². The number of benzene rings is 2. The summed E-state index contributed by atoms with van der Waals surface area (Å²) in [5, 5.41) is 14.8. The van der Waals surface area contributed by atoms with Crippen molar-refractivity contribution in [1.82, 2.24) is 9.97 Å². The fourth-order valence-electron chi connectivity index (χ4n) is 2.61. The lowest BCUT2D eigenvalue weighted by Gasteiger charge is -2.15. The second-order valence-electron chi connectivity index (χ2n) is 5.98. The number of aryl methyl sites for hydroxylation is 1. The first-order valence-electron chi connectivity index (χ1n) is 8.42. The number of hydrogen-bond acceptors (Lipinski definition) is 7. The Labute approximate surface area is 165 Å². The predicted octanol–water partition coefficient (Wildman–Crippen LogP) is 3.97. The van der Waals surface area contributed by atoms with Crippen LogP contribution < -0.4 is 10.1 Å². The molecule has 0 spiro atoms. The van der Waals surface area contributed by atoms with Crippen molar-refractivity contribution < 1.29 is 14.5 Å². The van der Waals surface area contributed by atoms with Crippen molar-refractivity contribution in [2.24, 2.45) is 0 Å². The molecule has 0 bridgehead atoms. The number of nitrogens with zero attached hydrogens (tertiary/aromatic N) is 3. The third-order valence-corrected chi connectivity index (χ3v) is 5.09. The van der Waals surface area contributed by atoms with E-state index >= 15 is 0 Å². The number of nitro groups is 1. The monoisotopic (exact) mass is 398 g/mol. The van der Waals surface area contributed by atoms with Gasteiger partial charge in [-0.1, -0.05) is 30.0 Å². The SMILES string of the molecule is COc1ccc([N+](=O)[O-])cc1NC(=O)[C@H](C)Sc1nc(C)nc2ccccc12. The van der Waals surface area contributed by atoms with Crippen LogP contribution in [0.2, 0.25) is 0 Å². The molecule has 1 N–H and O–H groups in total. The highest BCUT2D eigenvalue weighted by molar-refractivity contribution is 8.00. The Morgan fingerprint density at radius 1 is 1.25 bits per heavy atom. The first-order chi connectivity index (χ1) is 13.4. The topological polar surface area (TPSA) is 107 Å². The van der Waals surface area contributed by atoms with Gasteiger partial charge in [0.05, 0.1) is 28.5 Å². The number of ether oxygens (including phenoxy) is 1. The summed E-state index contributed by atoms with van der Waals surface area (Å²) < 4.78 is 5.19. The molecule has 0 aliphatic rings. The summed E-state index contributed by atoms with van der Waals surface area (Å²) in [5.74, 6) is 0.651. The minimum absolute atomic E-state index is 0.131. The number of nitro benzene ring substituents is 1. The van der Waals surface area contributed by atoms with Gasteiger partial charge in [-0.15, -0.1) is 0 Å². The van der Waals surface area contributed by atoms with Gasteiger partial charge in [-0.2, -0.15) is 0 Å². The minimum atomic E-state index is -0.525. The molecule has 0 radical (unpaired) electrons. The lowest BCUT2D eigenvalue weighted by atomic mass is 10.2. The van der Waals surface area contributed by atoms with Crippen molar-refractivity contribution in [2.45, 2.75) is 24.1 Å². The lowest BCUT2D eigenvalue weighted by Crippen LogP contribution is -2.23. The Hall–Kier alpha value is -3.20. The molecular formula is C19H18N4O4S. The van der Waals surface area contributed by atoms with E-state index in [2.05, 4.69) is 15.3 Å². The molecule has 9 heteroatoms. The Morgan fingerprint density at radius 3 is 2.71 bits per heavy atom. The van der Waals surface area contributed by atoms with Gasteiger partial charge in [0.1, 0.15) is 16.6 Å². The van der Waals surface area contributed by atoms with E-state index in [1.165, 1.54) is 37.1 Å². The largest absolute Gasteiger partial charge is 0.495 e. The molecule has 0 saturated heterocycles. The number of nitrogens with one attached hydrogen (secondary N) is 1. The zero-order chi connectivity index (χ0) is 20.3. The van der Waals surface area contributed by atoms with Crippen LogP contribution in [-0.4, -0.2) is 33.2 Å². The quantitative estimate of drug-likeness (QED) is 0.290. The molecular weight excluding hydrogens is 380 g/mol. The lowest BCUT2D eigenvalue weighted by molar-refractivity contribution is -0.384. The van der Waals surface area contributed by atoms with Crippen LogP contribution in [0.4, 0.5) is 11.4 Å². The summed E-state index contributed by atoms with van der Waals surface area (Å²) in [6.45, 7) is 3.55. The molecule has 1 aromatic heterocycles. The molecule has 3 rings (SSSR count). The van der Waals surface area contributed by atoms with Gasteiger partial charge >= 0.3 is 0 Å². The first kappa shape index (κ1) is 19.6. The predicted molar refractivity (Wildman–Crippen MR) is 108 cm³/mol. The minimum Gasteiger partial charge on any atom is -0.495 e. The van der Waals surface area contributed by atoms with E-state index < -0.39 is 10.2 Å². The molecule has 28 heavy (non-hydrogen) atoms. The molecule has 0 aliphatic heterocycles. The van der Waals surface area contributed by atoms with Crippen molar-refractivity contribution in [3.8, 4) is 5.75 Å². The number of anilines is 1. The van der Waals surface area contributed by atoms with Crippen LogP contribution in [0, 0.1) is 17.0 Å². The number of amides is 1. The van der Waals surface area contributed by atoms with Crippen LogP contribution in [0.25, 0.3) is 10.9 Å². The summed E-state index contributed by atoms with van der Waals surface area (Å²) >= 11 is 1.30.